The van der Waals surface area contributed by atoms with Crippen LogP contribution in [0.4, 0.5) is 5.69 Å². The van der Waals surface area contributed by atoms with Gasteiger partial charge in [0.25, 0.3) is 0 Å². The fraction of sp³-hybridized carbons (Fsp3) is 0.129. The zero-order valence-corrected chi connectivity index (χ0v) is 23.2. The van der Waals surface area contributed by atoms with Gasteiger partial charge < -0.3 is 4.90 Å². The molecule has 1 fully saturated rings. The Morgan fingerprint density at radius 3 is 2.21 bits per heavy atom. The first kappa shape index (κ1) is 24.8. The van der Waals surface area contributed by atoms with Gasteiger partial charge in [-0.2, -0.15) is 0 Å². The number of rotatable bonds is 3. The van der Waals surface area contributed by atoms with Gasteiger partial charge in [-0.3, -0.25) is 14.4 Å². The number of halogens is 3. The van der Waals surface area contributed by atoms with Crippen molar-refractivity contribution in [3.05, 3.63) is 126 Å². The number of benzene rings is 3. The van der Waals surface area contributed by atoms with Crippen LogP contribution in [-0.2, 0) is 0 Å². The second kappa shape index (κ2) is 8.90. The minimum Gasteiger partial charge on any atom is -0.352 e. The molecule has 0 amide bonds. The molecule has 39 heavy (non-hydrogen) atoms. The van der Waals surface area contributed by atoms with E-state index in [4.69, 9.17) is 34.8 Å². The molecule has 7 rings (SSSR count). The molecule has 3 atom stereocenters. The van der Waals surface area contributed by atoms with Crippen LogP contribution in [0.3, 0.4) is 0 Å². The molecule has 192 valence electrons. The summed E-state index contributed by atoms with van der Waals surface area (Å²) >= 11 is 20.8. The Hall–Kier alpha value is -3.22. The molecule has 1 spiro atoms. The smallest absolute Gasteiger partial charge is 0.195 e. The van der Waals surface area contributed by atoms with Gasteiger partial charge >= 0.3 is 0 Å². The predicted octanol–water partition coefficient (Wildman–Crippen LogP) is 8.02. The zero-order chi connectivity index (χ0) is 27.1. The van der Waals surface area contributed by atoms with Crippen LogP contribution >= 0.6 is 46.1 Å². The quantitative estimate of drug-likeness (QED) is 0.179. The number of hydrogen-bond acceptors (Lipinski definition) is 5. The van der Waals surface area contributed by atoms with Gasteiger partial charge in [-0.1, -0.05) is 83.4 Å². The summed E-state index contributed by atoms with van der Waals surface area (Å²) < 4.78 is 0. The highest BCUT2D eigenvalue weighted by Crippen LogP contribution is 2.61. The number of carbonyl (C=O) groups is 3. The molecule has 1 aliphatic carbocycles. The van der Waals surface area contributed by atoms with Crippen molar-refractivity contribution in [2.45, 2.75) is 18.0 Å². The van der Waals surface area contributed by atoms with Crippen molar-refractivity contribution in [3.63, 3.8) is 0 Å². The molecule has 8 heteroatoms. The first-order valence-corrected chi connectivity index (χ1v) is 14.3. The van der Waals surface area contributed by atoms with E-state index in [9.17, 15) is 14.4 Å². The van der Waals surface area contributed by atoms with Gasteiger partial charge in [0.15, 0.2) is 17.3 Å². The fourth-order valence-electron chi connectivity index (χ4n) is 6.61. The molecule has 1 saturated heterocycles. The average molecular weight is 591 g/mol. The molecule has 3 heterocycles. The van der Waals surface area contributed by atoms with E-state index in [1.54, 1.807) is 54.6 Å². The molecule has 3 aliphatic rings. The van der Waals surface area contributed by atoms with Crippen LogP contribution in [0.25, 0.3) is 6.08 Å². The number of nitrogens with zero attached hydrogens (tertiary/aromatic N) is 1. The largest absolute Gasteiger partial charge is 0.352 e. The lowest BCUT2D eigenvalue weighted by atomic mass is 9.64. The van der Waals surface area contributed by atoms with Crippen molar-refractivity contribution in [1.82, 2.24) is 0 Å². The molecule has 0 saturated carbocycles. The maximum atomic E-state index is 14.6. The predicted molar refractivity (Wildman–Crippen MR) is 156 cm³/mol. The molecule has 0 radical (unpaired) electrons. The summed E-state index contributed by atoms with van der Waals surface area (Å²) in [4.78, 5) is 46.1. The van der Waals surface area contributed by atoms with Crippen LogP contribution in [-0.4, -0.2) is 29.4 Å². The van der Waals surface area contributed by atoms with Crippen LogP contribution in [0.2, 0.25) is 15.1 Å². The molecule has 2 aliphatic heterocycles. The zero-order valence-electron chi connectivity index (χ0n) is 20.1. The standard InChI is InChI=1S/C31H18Cl3NO3S/c32-17-9-11-23-16(14-17)7-12-25-31(29(37)19-4-1-2-5-20(19)30(31)38)26(21-10-8-18(33)15-22(21)34)27(35(23)25)28(36)24-6-3-13-39-24/h1-15,25-27H/t25-,26+,27+/m1/s1. The first-order chi connectivity index (χ1) is 18.8. The van der Waals surface area contributed by atoms with Crippen LogP contribution < -0.4 is 4.90 Å². The molecule has 4 nitrogen and oxygen atoms in total. The van der Waals surface area contributed by atoms with E-state index in [2.05, 4.69) is 0 Å². The Morgan fingerprint density at radius 2 is 1.54 bits per heavy atom. The number of anilines is 1. The Morgan fingerprint density at radius 1 is 0.846 bits per heavy atom. The van der Waals surface area contributed by atoms with Gasteiger partial charge in [0.2, 0.25) is 0 Å². The van der Waals surface area contributed by atoms with Crippen molar-refractivity contribution in [2.75, 3.05) is 4.90 Å². The monoisotopic (exact) mass is 589 g/mol. The van der Waals surface area contributed by atoms with Gasteiger partial charge in [-0.15, -0.1) is 11.3 Å². The number of hydrogen-bond donors (Lipinski definition) is 0. The topological polar surface area (TPSA) is 54.5 Å². The van der Waals surface area contributed by atoms with Gasteiger partial charge in [0, 0.05) is 37.8 Å². The Labute approximate surface area is 243 Å². The van der Waals surface area contributed by atoms with E-state index in [1.165, 1.54) is 11.3 Å². The van der Waals surface area contributed by atoms with Crippen molar-refractivity contribution in [2.24, 2.45) is 5.41 Å². The molecule has 3 aromatic carbocycles. The molecule has 0 bridgehead atoms. The average Bonchev–Trinajstić information content (AvgIpc) is 3.62. The van der Waals surface area contributed by atoms with E-state index in [0.717, 1.165) is 11.3 Å². The van der Waals surface area contributed by atoms with Gasteiger partial charge in [0.05, 0.1) is 10.9 Å². The SMILES string of the molecule is O=C(c1cccs1)[C@@H]1[C@H](c2ccc(Cl)cc2Cl)C2(C(=O)c3ccccc3C2=O)[C@H]2C=Cc3cc(Cl)ccc3N12. The summed E-state index contributed by atoms with van der Waals surface area (Å²) in [5.74, 6) is -1.69. The maximum absolute atomic E-state index is 14.6. The van der Waals surface area contributed by atoms with E-state index in [1.807, 2.05) is 40.6 Å². The first-order valence-electron chi connectivity index (χ1n) is 12.3. The van der Waals surface area contributed by atoms with Gasteiger partial charge in [-0.05, 0) is 52.9 Å². The summed E-state index contributed by atoms with van der Waals surface area (Å²) in [7, 11) is 0. The van der Waals surface area contributed by atoms with Crippen molar-refractivity contribution < 1.29 is 14.4 Å². The molecule has 0 unspecified atom stereocenters. The van der Waals surface area contributed by atoms with E-state index >= 15 is 0 Å². The third-order valence-electron chi connectivity index (χ3n) is 8.10. The lowest BCUT2D eigenvalue weighted by molar-refractivity contribution is 0.0666. The minimum absolute atomic E-state index is 0.185. The lowest BCUT2D eigenvalue weighted by Crippen LogP contribution is -2.48. The summed E-state index contributed by atoms with van der Waals surface area (Å²) in [5.41, 5.74) is 1.16. The molecule has 4 aromatic rings. The third kappa shape index (κ3) is 3.34. The number of ketones is 3. The van der Waals surface area contributed by atoms with Gasteiger partial charge in [0.1, 0.15) is 11.5 Å². The van der Waals surface area contributed by atoms with Crippen LogP contribution in [0.1, 0.15) is 47.4 Å². The Balaban J connectivity index is 1.58. The van der Waals surface area contributed by atoms with Crippen molar-refractivity contribution in [3.8, 4) is 0 Å². The van der Waals surface area contributed by atoms with E-state index in [0.29, 0.717) is 36.6 Å². The molecular weight excluding hydrogens is 573 g/mol. The van der Waals surface area contributed by atoms with Crippen molar-refractivity contribution in [1.29, 1.82) is 0 Å². The minimum atomic E-state index is -1.62. The van der Waals surface area contributed by atoms with Crippen LogP contribution in [0, 0.1) is 5.41 Å². The van der Waals surface area contributed by atoms with E-state index in [-0.39, 0.29) is 17.3 Å². The Bertz CT molecular complexity index is 1710. The number of carbonyl (C=O) groups excluding carboxylic acids is 3. The van der Waals surface area contributed by atoms with Crippen LogP contribution in [0.15, 0.2) is 84.3 Å². The van der Waals surface area contributed by atoms with Gasteiger partial charge in [-0.25, -0.2) is 0 Å². The molecule has 0 N–H and O–H groups in total. The van der Waals surface area contributed by atoms with Crippen molar-refractivity contribution >= 4 is 75.3 Å². The lowest BCUT2D eigenvalue weighted by Gasteiger charge is -2.37. The summed E-state index contributed by atoms with van der Waals surface area (Å²) in [6.07, 6.45) is 3.74. The highest BCUT2D eigenvalue weighted by atomic mass is 35.5. The highest BCUT2D eigenvalue weighted by Gasteiger charge is 2.71. The second-order valence-corrected chi connectivity index (χ2v) is 12.1. The number of fused-ring (bicyclic) bond motifs is 5. The highest BCUT2D eigenvalue weighted by molar-refractivity contribution is 7.12. The maximum Gasteiger partial charge on any atom is 0.195 e. The normalized spacial score (nSPS) is 22.2. The van der Waals surface area contributed by atoms with Crippen LogP contribution in [0.5, 0.6) is 0 Å². The Kier molecular flexibility index (Phi) is 5.66. The third-order valence-corrected chi connectivity index (χ3v) is 9.78. The fourth-order valence-corrected chi connectivity index (χ4v) is 8.01. The number of Topliss-reactive ketones (excluding diaryl/α,β-unsaturated/α-hetero) is 3. The number of thiophene rings is 1. The molecular formula is C31H18Cl3NO3S. The summed E-state index contributed by atoms with van der Waals surface area (Å²) in [5, 5.41) is 3.10. The van der Waals surface area contributed by atoms with E-state index < -0.39 is 23.4 Å². The summed E-state index contributed by atoms with van der Waals surface area (Å²) in [6.45, 7) is 0. The molecule has 1 aromatic heterocycles. The second-order valence-electron chi connectivity index (χ2n) is 9.92. The summed E-state index contributed by atoms with van der Waals surface area (Å²) in [6, 6.07) is 19.3.